The molecule has 0 bridgehead atoms. The van der Waals surface area contributed by atoms with Crippen molar-refractivity contribution in [2.24, 2.45) is 14.1 Å². The largest absolute Gasteiger partial charge is 0.351 e. The van der Waals surface area contributed by atoms with E-state index in [0.717, 1.165) is 13.0 Å². The maximum atomic E-state index is 12.8. The van der Waals surface area contributed by atoms with Gasteiger partial charge in [-0.2, -0.15) is 0 Å². The van der Waals surface area contributed by atoms with Crippen LogP contribution < -0.4 is 16.0 Å². The highest BCUT2D eigenvalue weighted by molar-refractivity contribution is 6.07. The SMILES string of the molecule is CN(C)CCCNC(=O)c1cc(NC(=O)c2cccc(NC(=O)c3cc([N+](=O)[O-])cn3C)c2)cn1C. The van der Waals surface area contributed by atoms with Crippen molar-refractivity contribution >= 4 is 34.8 Å². The molecule has 0 aliphatic rings. The number of nitrogens with one attached hydrogen (secondary N) is 3. The van der Waals surface area contributed by atoms with Crippen LogP contribution in [0, 0.1) is 10.1 Å². The lowest BCUT2D eigenvalue weighted by molar-refractivity contribution is -0.384. The molecule has 0 saturated carbocycles. The first-order valence-corrected chi connectivity index (χ1v) is 11.2. The summed E-state index contributed by atoms with van der Waals surface area (Å²) >= 11 is 0. The molecule has 0 fully saturated rings. The molecule has 2 heterocycles. The highest BCUT2D eigenvalue weighted by Crippen LogP contribution is 2.19. The topological polar surface area (TPSA) is 144 Å². The molecule has 0 saturated heterocycles. The van der Waals surface area contributed by atoms with Crippen LogP contribution in [0.5, 0.6) is 0 Å². The van der Waals surface area contributed by atoms with Gasteiger partial charge < -0.3 is 30.0 Å². The molecular weight excluding hydrogens is 466 g/mol. The summed E-state index contributed by atoms with van der Waals surface area (Å²) < 4.78 is 2.99. The summed E-state index contributed by atoms with van der Waals surface area (Å²) in [6.45, 7) is 1.40. The van der Waals surface area contributed by atoms with E-state index in [0.29, 0.717) is 23.6 Å². The number of anilines is 2. The Balaban J connectivity index is 1.64. The molecule has 0 aliphatic carbocycles. The third-order valence-corrected chi connectivity index (χ3v) is 5.38. The van der Waals surface area contributed by atoms with Crippen LogP contribution in [0.25, 0.3) is 0 Å². The van der Waals surface area contributed by atoms with E-state index in [2.05, 4.69) is 16.0 Å². The lowest BCUT2D eigenvalue weighted by Crippen LogP contribution is -2.28. The van der Waals surface area contributed by atoms with Gasteiger partial charge in [-0.1, -0.05) is 6.07 Å². The monoisotopic (exact) mass is 495 g/mol. The number of benzene rings is 1. The Morgan fingerprint density at radius 3 is 2.25 bits per heavy atom. The minimum absolute atomic E-state index is 0.105. The maximum absolute atomic E-state index is 12.8. The highest BCUT2D eigenvalue weighted by Gasteiger charge is 2.18. The summed E-state index contributed by atoms with van der Waals surface area (Å²) in [5, 5.41) is 19.2. The number of amides is 3. The van der Waals surface area contributed by atoms with Crippen molar-refractivity contribution in [2.45, 2.75) is 6.42 Å². The van der Waals surface area contributed by atoms with Gasteiger partial charge in [-0.05, 0) is 51.3 Å². The van der Waals surface area contributed by atoms with E-state index in [1.165, 1.54) is 29.9 Å². The summed E-state index contributed by atoms with van der Waals surface area (Å²) in [6.07, 6.45) is 3.71. The first kappa shape index (κ1) is 26.2. The van der Waals surface area contributed by atoms with Gasteiger partial charge >= 0.3 is 0 Å². The Hall–Kier alpha value is -4.45. The van der Waals surface area contributed by atoms with Crippen LogP contribution in [0.3, 0.4) is 0 Å². The number of aromatic nitrogens is 2. The predicted molar refractivity (Wildman–Crippen MR) is 135 cm³/mol. The Bertz CT molecular complexity index is 1290. The van der Waals surface area contributed by atoms with E-state index in [-0.39, 0.29) is 22.9 Å². The van der Waals surface area contributed by atoms with Crippen LogP contribution in [0.15, 0.2) is 48.8 Å². The minimum atomic E-state index is -0.578. The van der Waals surface area contributed by atoms with Gasteiger partial charge in [-0.25, -0.2) is 0 Å². The zero-order chi connectivity index (χ0) is 26.4. The van der Waals surface area contributed by atoms with Gasteiger partial charge in [0.1, 0.15) is 11.4 Å². The number of nitrogens with zero attached hydrogens (tertiary/aromatic N) is 4. The van der Waals surface area contributed by atoms with Crippen molar-refractivity contribution in [3.8, 4) is 0 Å². The number of rotatable bonds is 10. The number of hydrogen-bond donors (Lipinski definition) is 3. The summed E-state index contributed by atoms with van der Waals surface area (Å²) in [5.41, 5.74) is 1.40. The number of hydrogen-bond acceptors (Lipinski definition) is 6. The molecule has 12 nitrogen and oxygen atoms in total. The second-order valence-corrected chi connectivity index (χ2v) is 8.58. The van der Waals surface area contributed by atoms with Gasteiger partial charge in [0, 0.05) is 44.2 Å². The van der Waals surface area contributed by atoms with Crippen molar-refractivity contribution in [1.82, 2.24) is 19.4 Å². The summed E-state index contributed by atoms with van der Waals surface area (Å²) in [6, 6.07) is 9.05. The molecule has 3 rings (SSSR count). The van der Waals surface area contributed by atoms with Gasteiger partial charge in [-0.3, -0.25) is 24.5 Å². The van der Waals surface area contributed by atoms with Crippen molar-refractivity contribution in [3.63, 3.8) is 0 Å². The Labute approximate surface area is 208 Å². The van der Waals surface area contributed by atoms with E-state index in [1.54, 1.807) is 42.1 Å². The van der Waals surface area contributed by atoms with Gasteiger partial charge in [-0.15, -0.1) is 0 Å². The quantitative estimate of drug-likeness (QED) is 0.224. The molecule has 0 unspecified atom stereocenters. The molecule has 2 aromatic heterocycles. The van der Waals surface area contributed by atoms with Crippen LogP contribution in [0.4, 0.5) is 17.1 Å². The van der Waals surface area contributed by atoms with Gasteiger partial charge in [0.15, 0.2) is 0 Å². The molecule has 0 aliphatic heterocycles. The second-order valence-electron chi connectivity index (χ2n) is 8.58. The van der Waals surface area contributed by atoms with Crippen molar-refractivity contribution in [2.75, 3.05) is 37.8 Å². The summed E-state index contributed by atoms with van der Waals surface area (Å²) in [7, 11) is 7.18. The fourth-order valence-corrected chi connectivity index (χ4v) is 3.56. The highest BCUT2D eigenvalue weighted by atomic mass is 16.6. The average molecular weight is 496 g/mol. The molecule has 3 amide bonds. The van der Waals surface area contributed by atoms with Gasteiger partial charge in [0.05, 0.1) is 16.8 Å². The van der Waals surface area contributed by atoms with E-state index < -0.39 is 16.7 Å². The van der Waals surface area contributed by atoms with Crippen LogP contribution in [-0.4, -0.2) is 63.9 Å². The van der Waals surface area contributed by atoms with Crippen LogP contribution >= 0.6 is 0 Å². The van der Waals surface area contributed by atoms with Crippen LogP contribution in [0.2, 0.25) is 0 Å². The zero-order valence-electron chi connectivity index (χ0n) is 20.6. The molecule has 3 N–H and O–H groups in total. The molecule has 0 atom stereocenters. The predicted octanol–water partition coefficient (Wildman–Crippen LogP) is 2.46. The first-order valence-electron chi connectivity index (χ1n) is 11.2. The molecule has 36 heavy (non-hydrogen) atoms. The number of carbonyl (C=O) groups is 3. The summed E-state index contributed by atoms with van der Waals surface area (Å²) in [5.74, 6) is -1.21. The van der Waals surface area contributed by atoms with Crippen LogP contribution in [-0.2, 0) is 14.1 Å². The molecule has 1 aromatic carbocycles. The third-order valence-electron chi connectivity index (χ3n) is 5.38. The molecule has 0 radical (unpaired) electrons. The Morgan fingerprint density at radius 1 is 0.917 bits per heavy atom. The molecule has 12 heteroatoms. The van der Waals surface area contributed by atoms with E-state index in [9.17, 15) is 24.5 Å². The summed E-state index contributed by atoms with van der Waals surface area (Å²) in [4.78, 5) is 50.3. The average Bonchev–Trinajstić information content (AvgIpc) is 3.39. The first-order chi connectivity index (χ1) is 17.0. The smallest absolute Gasteiger partial charge is 0.287 e. The van der Waals surface area contributed by atoms with E-state index in [4.69, 9.17) is 0 Å². The normalized spacial score (nSPS) is 10.8. The van der Waals surface area contributed by atoms with Crippen molar-refractivity contribution in [3.05, 3.63) is 75.9 Å². The maximum Gasteiger partial charge on any atom is 0.287 e. The molecule has 190 valence electrons. The van der Waals surface area contributed by atoms with Crippen molar-refractivity contribution in [1.29, 1.82) is 0 Å². The molecule has 0 spiro atoms. The third kappa shape index (κ3) is 6.57. The van der Waals surface area contributed by atoms with Crippen LogP contribution in [0.1, 0.15) is 37.8 Å². The van der Waals surface area contributed by atoms with Gasteiger partial charge in [0.25, 0.3) is 23.4 Å². The molecule has 3 aromatic rings. The Kier molecular flexibility index (Phi) is 8.22. The lowest BCUT2D eigenvalue weighted by atomic mass is 10.2. The van der Waals surface area contributed by atoms with E-state index >= 15 is 0 Å². The minimum Gasteiger partial charge on any atom is -0.351 e. The lowest BCUT2D eigenvalue weighted by Gasteiger charge is -2.10. The standard InChI is InChI=1S/C24H29N7O5/c1-28(2)10-6-9-25-23(33)20-12-18(14-29(20)3)27-22(32)16-7-5-8-17(11-16)26-24(34)21-13-19(31(35)36)15-30(21)4/h5,7-8,11-15H,6,9-10H2,1-4H3,(H,25,33)(H,26,34)(H,27,32). The Morgan fingerprint density at radius 2 is 1.58 bits per heavy atom. The second kappa shape index (κ2) is 11.3. The zero-order valence-corrected chi connectivity index (χ0v) is 20.6. The fraction of sp³-hybridized carbons (Fsp3) is 0.292. The number of nitro groups is 1. The molecular formula is C24H29N7O5. The van der Waals surface area contributed by atoms with Crippen molar-refractivity contribution < 1.29 is 19.3 Å². The fourth-order valence-electron chi connectivity index (χ4n) is 3.56. The van der Waals surface area contributed by atoms with Gasteiger partial charge in [0.2, 0.25) is 0 Å². The van der Waals surface area contributed by atoms with E-state index in [1.807, 2.05) is 19.0 Å². The number of carbonyl (C=O) groups excluding carboxylic acids is 3. The number of aryl methyl sites for hydroxylation is 2.